The number of amides is 1. The van der Waals surface area contributed by atoms with Crippen LogP contribution >= 0.6 is 0 Å². The molecule has 0 aliphatic carbocycles. The Morgan fingerprint density at radius 3 is 2.47 bits per heavy atom. The Morgan fingerprint density at radius 2 is 1.89 bits per heavy atom. The molecule has 0 spiro atoms. The van der Waals surface area contributed by atoms with Crippen molar-refractivity contribution in [1.82, 2.24) is 10.2 Å². The zero-order valence-electron chi connectivity index (χ0n) is 12.1. The highest BCUT2D eigenvalue weighted by Gasteiger charge is 2.31. The lowest BCUT2D eigenvalue weighted by Crippen LogP contribution is -2.41. The number of likely N-dealkylation sites (tertiary alicyclic amines) is 1. The van der Waals surface area contributed by atoms with Crippen molar-refractivity contribution in [3.05, 3.63) is 35.4 Å². The van der Waals surface area contributed by atoms with Crippen LogP contribution in [0.2, 0.25) is 0 Å². The largest absolute Gasteiger partial charge is 0.337 e. The van der Waals surface area contributed by atoms with Crippen molar-refractivity contribution in [3.8, 4) is 0 Å². The molecule has 2 rings (SSSR count). The van der Waals surface area contributed by atoms with Crippen molar-refractivity contribution in [3.63, 3.8) is 0 Å². The summed E-state index contributed by atoms with van der Waals surface area (Å²) in [5.41, 5.74) is 2.56. The van der Waals surface area contributed by atoms with Gasteiger partial charge in [-0.3, -0.25) is 4.79 Å². The Bertz CT molecular complexity index is 425. The summed E-state index contributed by atoms with van der Waals surface area (Å²) in [4.78, 5) is 14.2. The van der Waals surface area contributed by atoms with Crippen molar-refractivity contribution < 1.29 is 4.79 Å². The lowest BCUT2D eigenvalue weighted by atomic mass is 10.1. The molecule has 0 aromatic heterocycles. The van der Waals surface area contributed by atoms with E-state index in [1.54, 1.807) is 0 Å². The lowest BCUT2D eigenvalue weighted by molar-refractivity contribution is -0.130. The van der Waals surface area contributed by atoms with Crippen molar-refractivity contribution in [2.45, 2.75) is 52.2 Å². The molecule has 1 fully saturated rings. The van der Waals surface area contributed by atoms with E-state index < -0.39 is 0 Å². The summed E-state index contributed by atoms with van der Waals surface area (Å²) >= 11 is 0. The van der Waals surface area contributed by atoms with E-state index in [4.69, 9.17) is 0 Å². The highest BCUT2D eigenvalue weighted by molar-refractivity contribution is 5.84. The molecule has 3 nitrogen and oxygen atoms in total. The fourth-order valence-electron chi connectivity index (χ4n) is 2.55. The van der Waals surface area contributed by atoms with Gasteiger partial charge in [0.15, 0.2) is 0 Å². The summed E-state index contributed by atoms with van der Waals surface area (Å²) in [6.07, 6.45) is 1.98. The Balaban J connectivity index is 1.94. The van der Waals surface area contributed by atoms with Gasteiger partial charge in [0.05, 0.1) is 6.04 Å². The summed E-state index contributed by atoms with van der Waals surface area (Å²) in [5, 5.41) is 3.33. The highest BCUT2D eigenvalue weighted by Crippen LogP contribution is 2.16. The number of hydrogen-bond acceptors (Lipinski definition) is 2. The van der Waals surface area contributed by atoms with Crippen molar-refractivity contribution in [2.24, 2.45) is 0 Å². The molecule has 0 bridgehead atoms. The maximum Gasteiger partial charge on any atom is 0.240 e. The molecule has 1 atom stereocenters. The van der Waals surface area contributed by atoms with E-state index in [2.05, 4.69) is 50.4 Å². The Kier molecular flexibility index (Phi) is 4.59. The van der Waals surface area contributed by atoms with E-state index in [1.165, 1.54) is 11.1 Å². The van der Waals surface area contributed by atoms with E-state index in [1.807, 2.05) is 4.90 Å². The van der Waals surface area contributed by atoms with Gasteiger partial charge in [0, 0.05) is 19.1 Å². The third-order valence-corrected chi connectivity index (χ3v) is 3.64. The third kappa shape index (κ3) is 3.57. The summed E-state index contributed by atoms with van der Waals surface area (Å²) in [5.74, 6) is 0.244. The van der Waals surface area contributed by atoms with E-state index in [0.29, 0.717) is 6.04 Å². The second-order valence-corrected chi connectivity index (χ2v) is 5.59. The normalized spacial score (nSPS) is 19.5. The minimum atomic E-state index is 0.00918. The molecule has 104 valence electrons. The molecule has 19 heavy (non-hydrogen) atoms. The van der Waals surface area contributed by atoms with Crippen molar-refractivity contribution in [1.29, 1.82) is 0 Å². The molecule has 1 aliphatic rings. The van der Waals surface area contributed by atoms with E-state index >= 15 is 0 Å². The second-order valence-electron chi connectivity index (χ2n) is 5.59. The monoisotopic (exact) mass is 260 g/mol. The minimum absolute atomic E-state index is 0.00918. The Hall–Kier alpha value is -1.35. The smallest absolute Gasteiger partial charge is 0.240 e. The molecule has 1 aromatic carbocycles. The number of benzene rings is 1. The number of hydrogen-bond donors (Lipinski definition) is 1. The number of nitrogens with zero attached hydrogens (tertiary/aromatic N) is 1. The fraction of sp³-hybridized carbons (Fsp3) is 0.562. The average Bonchev–Trinajstić information content (AvgIpc) is 2.72. The van der Waals surface area contributed by atoms with E-state index in [-0.39, 0.29) is 11.9 Å². The Labute approximate surface area is 116 Å². The van der Waals surface area contributed by atoms with Crippen molar-refractivity contribution >= 4 is 5.91 Å². The molecule has 1 aromatic rings. The van der Waals surface area contributed by atoms with Gasteiger partial charge < -0.3 is 10.2 Å². The molecular formula is C16H24N2O. The van der Waals surface area contributed by atoms with E-state index in [0.717, 1.165) is 25.9 Å². The van der Waals surface area contributed by atoms with Crippen LogP contribution in [0, 0.1) is 0 Å². The molecule has 1 saturated heterocycles. The van der Waals surface area contributed by atoms with Gasteiger partial charge in [-0.25, -0.2) is 0 Å². The first-order chi connectivity index (χ1) is 9.10. The average molecular weight is 260 g/mol. The number of nitrogens with one attached hydrogen (secondary N) is 1. The van der Waals surface area contributed by atoms with Crippen LogP contribution in [0.25, 0.3) is 0 Å². The standard InChI is InChI=1S/C16H24N2O/c1-4-13-5-7-14(8-6-13)11-18-10-9-15(16(18)19)17-12(2)3/h5-8,12,15,17H,4,9-11H2,1-3H3. The first-order valence-electron chi connectivity index (χ1n) is 7.22. The predicted octanol–water partition coefficient (Wildman–Crippen LogP) is 2.35. The van der Waals surface area contributed by atoms with Crippen molar-refractivity contribution in [2.75, 3.05) is 6.54 Å². The molecule has 0 radical (unpaired) electrons. The van der Waals surface area contributed by atoms with Crippen LogP contribution in [0.3, 0.4) is 0 Å². The maximum absolute atomic E-state index is 12.2. The number of carbonyl (C=O) groups is 1. The molecule has 3 heteroatoms. The van der Waals surface area contributed by atoms with Gasteiger partial charge in [0.2, 0.25) is 5.91 Å². The van der Waals surface area contributed by atoms with Gasteiger partial charge in [-0.2, -0.15) is 0 Å². The molecular weight excluding hydrogens is 236 g/mol. The van der Waals surface area contributed by atoms with Crippen LogP contribution in [0.4, 0.5) is 0 Å². The van der Waals surface area contributed by atoms with Crippen LogP contribution < -0.4 is 5.32 Å². The first-order valence-corrected chi connectivity index (χ1v) is 7.22. The summed E-state index contributed by atoms with van der Waals surface area (Å²) in [6, 6.07) is 8.94. The van der Waals surface area contributed by atoms with Crippen LogP contribution in [-0.4, -0.2) is 29.4 Å². The molecule has 1 amide bonds. The van der Waals surface area contributed by atoms with Gasteiger partial charge in [-0.1, -0.05) is 45.0 Å². The summed E-state index contributed by atoms with van der Waals surface area (Å²) < 4.78 is 0. The van der Waals surface area contributed by atoms with Crippen LogP contribution in [0.15, 0.2) is 24.3 Å². The van der Waals surface area contributed by atoms with Gasteiger partial charge in [0.1, 0.15) is 0 Å². The zero-order chi connectivity index (χ0) is 13.8. The second kappa shape index (κ2) is 6.20. The summed E-state index contributed by atoms with van der Waals surface area (Å²) in [6.45, 7) is 7.91. The third-order valence-electron chi connectivity index (χ3n) is 3.64. The molecule has 0 saturated carbocycles. The van der Waals surface area contributed by atoms with Crippen LogP contribution in [0.5, 0.6) is 0 Å². The fourth-order valence-corrected chi connectivity index (χ4v) is 2.55. The first kappa shape index (κ1) is 14.1. The van der Waals surface area contributed by atoms with Gasteiger partial charge >= 0.3 is 0 Å². The summed E-state index contributed by atoms with van der Waals surface area (Å²) in [7, 11) is 0. The lowest BCUT2D eigenvalue weighted by Gasteiger charge is -2.18. The number of carbonyl (C=O) groups excluding carboxylic acids is 1. The Morgan fingerprint density at radius 1 is 1.26 bits per heavy atom. The van der Waals surface area contributed by atoms with Gasteiger partial charge in [-0.15, -0.1) is 0 Å². The SMILES string of the molecule is CCc1ccc(CN2CCC(NC(C)C)C2=O)cc1. The van der Waals surface area contributed by atoms with Gasteiger partial charge in [0.25, 0.3) is 0 Å². The molecule has 1 N–H and O–H groups in total. The number of aryl methyl sites for hydroxylation is 1. The van der Waals surface area contributed by atoms with Crippen LogP contribution in [0.1, 0.15) is 38.3 Å². The minimum Gasteiger partial charge on any atom is -0.337 e. The van der Waals surface area contributed by atoms with Gasteiger partial charge in [-0.05, 0) is 24.0 Å². The molecule has 1 aliphatic heterocycles. The zero-order valence-corrected chi connectivity index (χ0v) is 12.1. The predicted molar refractivity (Wildman–Crippen MR) is 77.9 cm³/mol. The van der Waals surface area contributed by atoms with E-state index in [9.17, 15) is 4.79 Å². The topological polar surface area (TPSA) is 32.3 Å². The highest BCUT2D eigenvalue weighted by atomic mass is 16.2. The maximum atomic E-state index is 12.2. The number of rotatable bonds is 5. The van der Waals surface area contributed by atoms with Crippen LogP contribution in [-0.2, 0) is 17.8 Å². The quantitative estimate of drug-likeness (QED) is 0.881. The molecule has 1 heterocycles. The molecule has 1 unspecified atom stereocenters.